The first-order chi connectivity index (χ1) is 6.74. The summed E-state index contributed by atoms with van der Waals surface area (Å²) < 4.78 is 5.12. The van der Waals surface area contributed by atoms with Crippen molar-refractivity contribution in [2.75, 3.05) is 6.61 Å². The van der Waals surface area contributed by atoms with Gasteiger partial charge in [0.2, 0.25) is 0 Å². The van der Waals surface area contributed by atoms with Crippen LogP contribution in [-0.4, -0.2) is 18.4 Å². The van der Waals surface area contributed by atoms with Crippen LogP contribution in [0.3, 0.4) is 0 Å². The van der Waals surface area contributed by atoms with Crippen molar-refractivity contribution < 1.29 is 14.3 Å². The molecule has 3 nitrogen and oxygen atoms in total. The molecule has 0 unspecified atom stereocenters. The molecule has 0 aromatic rings. The molecule has 0 aromatic heterocycles. The Balaban J connectivity index is 2.12. The Bertz CT molecular complexity index is 352. The minimum atomic E-state index is -0.216. The first kappa shape index (κ1) is 8.21. The van der Waals surface area contributed by atoms with Gasteiger partial charge in [0.1, 0.15) is 6.61 Å². The van der Waals surface area contributed by atoms with Gasteiger partial charge >= 0.3 is 5.97 Å². The number of hydrogen-bond acceptors (Lipinski definition) is 3. The lowest BCUT2D eigenvalue weighted by Crippen LogP contribution is -2.33. The number of cyclic esters (lactones) is 1. The van der Waals surface area contributed by atoms with E-state index < -0.39 is 0 Å². The van der Waals surface area contributed by atoms with Crippen LogP contribution in [0.1, 0.15) is 25.7 Å². The summed E-state index contributed by atoms with van der Waals surface area (Å²) in [6, 6.07) is 0. The predicted molar refractivity (Wildman–Crippen MR) is 48.4 cm³/mol. The first-order valence-corrected chi connectivity index (χ1v) is 5.14. The third-order valence-electron chi connectivity index (χ3n) is 3.86. The molecule has 3 aliphatic rings. The molecule has 14 heavy (non-hydrogen) atoms. The molecular formula is C11H12O3. The van der Waals surface area contributed by atoms with Crippen molar-refractivity contribution >= 4 is 11.8 Å². The van der Waals surface area contributed by atoms with E-state index >= 15 is 0 Å². The molecule has 3 rings (SSSR count). The third kappa shape index (κ3) is 0.781. The lowest BCUT2D eigenvalue weighted by molar-refractivity contribution is -0.141. The van der Waals surface area contributed by atoms with Crippen LogP contribution in [0, 0.1) is 11.3 Å². The van der Waals surface area contributed by atoms with Gasteiger partial charge in [-0.3, -0.25) is 9.59 Å². The lowest BCUT2D eigenvalue weighted by atomic mass is 9.68. The highest BCUT2D eigenvalue weighted by molar-refractivity contribution is 6.01. The molecule has 0 N–H and O–H groups in total. The average Bonchev–Trinajstić information content (AvgIpc) is 2.69. The summed E-state index contributed by atoms with van der Waals surface area (Å²) in [6.45, 7) is 0.439. The van der Waals surface area contributed by atoms with Gasteiger partial charge in [0.15, 0.2) is 5.78 Å². The van der Waals surface area contributed by atoms with Crippen molar-refractivity contribution in [1.82, 2.24) is 0 Å². The van der Waals surface area contributed by atoms with E-state index in [0.717, 1.165) is 24.8 Å². The first-order valence-electron chi connectivity index (χ1n) is 5.14. The normalized spacial score (nSPS) is 40.3. The number of ketones is 1. The number of esters is 1. The van der Waals surface area contributed by atoms with E-state index in [9.17, 15) is 9.59 Å². The monoisotopic (exact) mass is 192 g/mol. The zero-order valence-corrected chi connectivity index (χ0v) is 7.91. The van der Waals surface area contributed by atoms with Gasteiger partial charge in [-0.1, -0.05) is 6.08 Å². The van der Waals surface area contributed by atoms with E-state index in [1.165, 1.54) is 0 Å². The number of allylic oxidation sites excluding steroid dienone is 1. The summed E-state index contributed by atoms with van der Waals surface area (Å²) in [4.78, 5) is 23.1. The number of carbonyl (C=O) groups is 2. The van der Waals surface area contributed by atoms with Gasteiger partial charge < -0.3 is 4.74 Å². The second-order valence-electron chi connectivity index (χ2n) is 4.43. The van der Waals surface area contributed by atoms with Crippen LogP contribution >= 0.6 is 0 Å². The van der Waals surface area contributed by atoms with Crippen molar-refractivity contribution in [3.8, 4) is 0 Å². The molecule has 1 saturated heterocycles. The van der Waals surface area contributed by atoms with Gasteiger partial charge in [-0.05, 0) is 19.3 Å². The molecule has 2 aliphatic carbocycles. The standard InChI is InChI=1S/C11H12O3/c12-9-4-5-11-6-14-10(13)8(11)3-1-2-7(9)11/h2,8H,1,3-6H2/t8-,11-/m1/s1. The summed E-state index contributed by atoms with van der Waals surface area (Å²) in [5.41, 5.74) is 0.673. The molecule has 0 bridgehead atoms. The van der Waals surface area contributed by atoms with Gasteiger partial charge in [-0.15, -0.1) is 0 Å². The van der Waals surface area contributed by atoms with Crippen LogP contribution in [0.25, 0.3) is 0 Å². The van der Waals surface area contributed by atoms with Gasteiger partial charge in [-0.2, -0.15) is 0 Å². The largest absolute Gasteiger partial charge is 0.464 e. The van der Waals surface area contributed by atoms with Crippen LogP contribution in [0.4, 0.5) is 0 Å². The summed E-state index contributed by atoms with van der Waals surface area (Å²) in [6.07, 6.45) is 5.14. The van der Waals surface area contributed by atoms with Crippen LogP contribution in [0.5, 0.6) is 0 Å². The predicted octanol–water partition coefficient (Wildman–Crippen LogP) is 1.23. The van der Waals surface area contributed by atoms with E-state index in [1.54, 1.807) is 0 Å². The fourth-order valence-corrected chi connectivity index (χ4v) is 3.13. The van der Waals surface area contributed by atoms with Crippen molar-refractivity contribution in [2.24, 2.45) is 11.3 Å². The maximum absolute atomic E-state index is 11.6. The third-order valence-corrected chi connectivity index (χ3v) is 3.86. The lowest BCUT2D eigenvalue weighted by Gasteiger charge is -2.30. The van der Waals surface area contributed by atoms with E-state index in [-0.39, 0.29) is 23.1 Å². The molecule has 0 radical (unpaired) electrons. The van der Waals surface area contributed by atoms with E-state index in [1.807, 2.05) is 6.08 Å². The Kier molecular flexibility index (Phi) is 1.45. The van der Waals surface area contributed by atoms with Crippen molar-refractivity contribution in [3.63, 3.8) is 0 Å². The maximum atomic E-state index is 11.6. The highest BCUT2D eigenvalue weighted by Crippen LogP contribution is 2.54. The number of rotatable bonds is 0. The second kappa shape index (κ2) is 2.47. The van der Waals surface area contributed by atoms with E-state index in [0.29, 0.717) is 13.0 Å². The number of hydrogen-bond donors (Lipinski definition) is 0. The number of carbonyl (C=O) groups excluding carboxylic acids is 2. The minimum Gasteiger partial charge on any atom is -0.464 e. The highest BCUT2D eigenvalue weighted by Gasteiger charge is 2.57. The van der Waals surface area contributed by atoms with Crippen LogP contribution in [0.2, 0.25) is 0 Å². The molecular weight excluding hydrogens is 180 g/mol. The molecule has 0 amide bonds. The summed E-state index contributed by atoms with van der Waals surface area (Å²) in [7, 11) is 0. The fraction of sp³-hybridized carbons (Fsp3) is 0.636. The zero-order chi connectivity index (χ0) is 9.76. The Morgan fingerprint density at radius 3 is 3.14 bits per heavy atom. The topological polar surface area (TPSA) is 43.4 Å². The van der Waals surface area contributed by atoms with Crippen molar-refractivity contribution in [3.05, 3.63) is 11.6 Å². The van der Waals surface area contributed by atoms with Crippen LogP contribution < -0.4 is 0 Å². The average molecular weight is 192 g/mol. The Hall–Kier alpha value is -1.12. The quantitative estimate of drug-likeness (QED) is 0.542. The molecule has 74 valence electrons. The van der Waals surface area contributed by atoms with Gasteiger partial charge in [0.05, 0.1) is 5.92 Å². The van der Waals surface area contributed by atoms with Crippen molar-refractivity contribution in [2.45, 2.75) is 25.7 Å². The Labute approximate surface area is 82.1 Å². The summed E-state index contributed by atoms with van der Waals surface area (Å²) in [5.74, 6) is 0.104. The fourth-order valence-electron chi connectivity index (χ4n) is 3.13. The second-order valence-corrected chi connectivity index (χ2v) is 4.43. The highest BCUT2D eigenvalue weighted by atomic mass is 16.5. The van der Waals surface area contributed by atoms with Gasteiger partial charge in [0.25, 0.3) is 0 Å². The number of Topliss-reactive ketones (excluding diaryl/α,β-unsaturated/α-hetero) is 1. The molecule has 0 aromatic carbocycles. The molecule has 2 fully saturated rings. The Morgan fingerprint density at radius 1 is 1.43 bits per heavy atom. The molecule has 3 heteroatoms. The molecule has 1 aliphatic heterocycles. The van der Waals surface area contributed by atoms with Gasteiger partial charge in [-0.25, -0.2) is 0 Å². The smallest absolute Gasteiger partial charge is 0.310 e. The minimum absolute atomic E-state index is 0.0334. The van der Waals surface area contributed by atoms with Gasteiger partial charge in [0, 0.05) is 17.4 Å². The Morgan fingerprint density at radius 2 is 2.29 bits per heavy atom. The van der Waals surface area contributed by atoms with E-state index in [4.69, 9.17) is 4.74 Å². The van der Waals surface area contributed by atoms with Crippen LogP contribution in [-0.2, 0) is 14.3 Å². The van der Waals surface area contributed by atoms with Crippen molar-refractivity contribution in [1.29, 1.82) is 0 Å². The molecule has 1 heterocycles. The molecule has 1 spiro atoms. The molecule has 2 atom stereocenters. The SMILES string of the molecule is O=C1CC[C@]23COC(=O)[C@H]2CCC=C13. The van der Waals surface area contributed by atoms with E-state index in [2.05, 4.69) is 0 Å². The number of ether oxygens (including phenoxy) is 1. The zero-order valence-electron chi connectivity index (χ0n) is 7.91. The molecule has 1 saturated carbocycles. The van der Waals surface area contributed by atoms with Crippen LogP contribution in [0.15, 0.2) is 11.6 Å². The maximum Gasteiger partial charge on any atom is 0.310 e. The summed E-state index contributed by atoms with van der Waals surface area (Å²) >= 11 is 0. The summed E-state index contributed by atoms with van der Waals surface area (Å²) in [5, 5.41) is 0.